The number of aromatic amines is 2. The summed E-state index contributed by atoms with van der Waals surface area (Å²) in [6.45, 7) is 1.40. The van der Waals surface area contributed by atoms with E-state index >= 15 is 0 Å². The molecule has 1 atom stereocenters. The molecule has 168 valence electrons. The Balaban J connectivity index is 1.83. The Morgan fingerprint density at radius 1 is 1.19 bits per heavy atom. The highest BCUT2D eigenvalue weighted by Crippen LogP contribution is 2.30. The van der Waals surface area contributed by atoms with Crippen molar-refractivity contribution >= 4 is 21.6 Å². The van der Waals surface area contributed by atoms with Crippen LogP contribution in [0.3, 0.4) is 0 Å². The van der Waals surface area contributed by atoms with Crippen molar-refractivity contribution in [2.75, 3.05) is 32.6 Å². The Morgan fingerprint density at radius 2 is 1.94 bits per heavy atom. The molecule has 12 heteroatoms. The lowest BCUT2D eigenvalue weighted by Gasteiger charge is -2.31. The van der Waals surface area contributed by atoms with Crippen molar-refractivity contribution in [3.05, 3.63) is 44.7 Å². The number of methoxy groups -OCH3 is 2. The lowest BCUT2D eigenvalue weighted by molar-refractivity contribution is -0.120. The number of amides is 1. The molecule has 0 radical (unpaired) electrons. The summed E-state index contributed by atoms with van der Waals surface area (Å²) < 4.78 is 37.7. The second-order valence-corrected chi connectivity index (χ2v) is 8.99. The molecule has 11 nitrogen and oxygen atoms in total. The minimum absolute atomic E-state index is 0.0542. The summed E-state index contributed by atoms with van der Waals surface area (Å²) in [5.41, 5.74) is -1.43. The van der Waals surface area contributed by atoms with Crippen LogP contribution in [0.15, 0.2) is 32.7 Å². The number of carbonyl (C=O) groups is 1. The average Bonchev–Trinajstić information content (AvgIpc) is 2.72. The third-order valence-corrected chi connectivity index (χ3v) is 7.11. The first-order valence-corrected chi connectivity index (χ1v) is 11.0. The molecule has 0 unspecified atom stereocenters. The molecule has 31 heavy (non-hydrogen) atoms. The summed E-state index contributed by atoms with van der Waals surface area (Å²) in [5, 5.41) is 2.77. The van der Waals surface area contributed by atoms with Crippen molar-refractivity contribution in [3.8, 4) is 11.5 Å². The normalized spacial score (nSPS) is 17.2. The molecule has 1 amide bonds. The number of aryl methyl sites for hydroxylation is 1. The van der Waals surface area contributed by atoms with Crippen molar-refractivity contribution < 1.29 is 22.7 Å². The number of carbonyl (C=O) groups excluding carboxylic acids is 1. The number of benzene rings is 1. The largest absolute Gasteiger partial charge is 0.497 e. The van der Waals surface area contributed by atoms with Gasteiger partial charge in [-0.25, -0.2) is 13.2 Å². The van der Waals surface area contributed by atoms with Gasteiger partial charge in [-0.1, -0.05) is 0 Å². The van der Waals surface area contributed by atoms with E-state index in [1.807, 2.05) is 4.98 Å². The molecular weight excluding hydrogens is 428 g/mol. The number of anilines is 1. The van der Waals surface area contributed by atoms with E-state index in [0.29, 0.717) is 30.0 Å². The smallest absolute Gasteiger partial charge is 0.325 e. The Hall–Kier alpha value is -3.12. The van der Waals surface area contributed by atoms with Crippen LogP contribution in [0.25, 0.3) is 0 Å². The summed E-state index contributed by atoms with van der Waals surface area (Å²) in [6, 6.07) is 4.95. The van der Waals surface area contributed by atoms with Gasteiger partial charge in [0.2, 0.25) is 15.9 Å². The van der Waals surface area contributed by atoms with E-state index < -0.39 is 32.1 Å². The highest BCUT2D eigenvalue weighted by molar-refractivity contribution is 7.89. The van der Waals surface area contributed by atoms with Gasteiger partial charge in [-0.15, -0.1) is 0 Å². The first kappa shape index (κ1) is 22.6. The van der Waals surface area contributed by atoms with Crippen molar-refractivity contribution in [1.82, 2.24) is 14.3 Å². The quantitative estimate of drug-likeness (QED) is 0.575. The molecule has 2 aromatic rings. The van der Waals surface area contributed by atoms with E-state index in [9.17, 15) is 22.8 Å². The van der Waals surface area contributed by atoms with Crippen molar-refractivity contribution in [3.63, 3.8) is 0 Å². The summed E-state index contributed by atoms with van der Waals surface area (Å²) in [6.07, 6.45) is 0.915. The van der Waals surface area contributed by atoms with Gasteiger partial charge < -0.3 is 19.8 Å². The number of hydrogen-bond acceptors (Lipinski definition) is 7. The molecule has 2 heterocycles. The van der Waals surface area contributed by atoms with Gasteiger partial charge in [0, 0.05) is 24.8 Å². The lowest BCUT2D eigenvalue weighted by Crippen LogP contribution is -2.45. The maximum atomic E-state index is 13.1. The van der Waals surface area contributed by atoms with E-state index in [-0.39, 0.29) is 24.7 Å². The number of ether oxygens (including phenoxy) is 2. The number of nitrogens with one attached hydrogen (secondary N) is 3. The number of sulfonamides is 1. The summed E-state index contributed by atoms with van der Waals surface area (Å²) in [5.74, 6) is -0.0540. The topological polar surface area (TPSA) is 151 Å². The van der Waals surface area contributed by atoms with Crippen LogP contribution in [0.4, 0.5) is 5.69 Å². The van der Waals surface area contributed by atoms with E-state index in [2.05, 4.69) is 10.3 Å². The SMILES string of the molecule is COc1ccc(OC)c(NC(=O)[C@H]2CCCN(S(=O)(=O)c3c(C)[nH]c(=O)[nH]c3=O)C2)c1. The predicted octanol–water partition coefficient (Wildman–Crippen LogP) is 0.428. The first-order chi connectivity index (χ1) is 14.7. The third-order valence-electron chi connectivity index (χ3n) is 5.09. The van der Waals surface area contributed by atoms with Gasteiger partial charge in [0.1, 0.15) is 11.5 Å². The molecule has 3 rings (SSSR count). The number of hydrogen-bond donors (Lipinski definition) is 3. The van der Waals surface area contributed by atoms with Crippen LogP contribution < -0.4 is 26.0 Å². The molecule has 0 bridgehead atoms. The van der Waals surface area contributed by atoms with Crippen LogP contribution in [0.1, 0.15) is 18.5 Å². The number of piperidine rings is 1. The van der Waals surface area contributed by atoms with Crippen LogP contribution in [-0.2, 0) is 14.8 Å². The Morgan fingerprint density at radius 3 is 2.58 bits per heavy atom. The van der Waals surface area contributed by atoms with Gasteiger partial charge in [-0.2, -0.15) is 4.31 Å². The second kappa shape index (κ2) is 8.94. The average molecular weight is 452 g/mol. The lowest BCUT2D eigenvalue weighted by atomic mass is 9.98. The number of nitrogens with zero attached hydrogens (tertiary/aromatic N) is 1. The third kappa shape index (κ3) is 4.64. The fraction of sp³-hybridized carbons (Fsp3) is 0.421. The molecule has 1 saturated heterocycles. The van der Waals surface area contributed by atoms with Crippen LogP contribution in [-0.4, -0.2) is 55.9 Å². The molecule has 0 aliphatic carbocycles. The number of H-pyrrole nitrogens is 2. The van der Waals surface area contributed by atoms with Gasteiger partial charge in [0.15, 0.2) is 4.90 Å². The van der Waals surface area contributed by atoms with Crippen LogP contribution in [0.2, 0.25) is 0 Å². The minimum Gasteiger partial charge on any atom is -0.497 e. The fourth-order valence-corrected chi connectivity index (χ4v) is 5.28. The van der Waals surface area contributed by atoms with E-state index in [4.69, 9.17) is 9.47 Å². The summed E-state index contributed by atoms with van der Waals surface area (Å²) in [4.78, 5) is 40.1. The zero-order valence-corrected chi connectivity index (χ0v) is 18.2. The molecule has 1 aliphatic heterocycles. The van der Waals surface area contributed by atoms with Crippen LogP contribution in [0, 0.1) is 12.8 Å². The number of rotatable bonds is 6. The molecular formula is C19H24N4O7S. The second-order valence-electron chi connectivity index (χ2n) is 7.12. The van der Waals surface area contributed by atoms with E-state index in [0.717, 1.165) is 4.31 Å². The standard InChI is InChI=1S/C19H24N4O7S/c1-11-16(18(25)22-19(26)20-11)31(27,28)23-8-4-5-12(10-23)17(24)21-14-9-13(29-2)6-7-15(14)30-3/h6-7,9,12H,4-5,8,10H2,1-3H3,(H,21,24)(H2,20,22,25,26)/t12-/m0/s1. The van der Waals surface area contributed by atoms with Gasteiger partial charge in [0.25, 0.3) is 5.56 Å². The summed E-state index contributed by atoms with van der Waals surface area (Å²) in [7, 11) is -1.24. The van der Waals surface area contributed by atoms with Crippen molar-refractivity contribution in [1.29, 1.82) is 0 Å². The molecule has 1 fully saturated rings. The van der Waals surface area contributed by atoms with Gasteiger partial charge in [-0.05, 0) is 31.9 Å². The highest BCUT2D eigenvalue weighted by Gasteiger charge is 2.36. The minimum atomic E-state index is -4.21. The maximum absolute atomic E-state index is 13.1. The summed E-state index contributed by atoms with van der Waals surface area (Å²) >= 11 is 0. The Kier molecular flexibility index (Phi) is 6.51. The molecule has 0 saturated carbocycles. The fourth-order valence-electron chi connectivity index (χ4n) is 3.55. The highest BCUT2D eigenvalue weighted by atomic mass is 32.2. The zero-order valence-electron chi connectivity index (χ0n) is 17.4. The molecule has 1 aliphatic rings. The van der Waals surface area contributed by atoms with E-state index in [1.54, 1.807) is 18.2 Å². The monoisotopic (exact) mass is 452 g/mol. The Labute approximate surface area is 178 Å². The zero-order chi connectivity index (χ0) is 22.8. The van der Waals surface area contributed by atoms with Gasteiger partial charge in [0.05, 0.1) is 25.8 Å². The molecule has 1 aromatic carbocycles. The molecule has 3 N–H and O–H groups in total. The predicted molar refractivity (Wildman–Crippen MR) is 112 cm³/mol. The van der Waals surface area contributed by atoms with Crippen LogP contribution in [0.5, 0.6) is 11.5 Å². The van der Waals surface area contributed by atoms with Gasteiger partial charge >= 0.3 is 5.69 Å². The van der Waals surface area contributed by atoms with E-state index in [1.165, 1.54) is 21.1 Å². The van der Waals surface area contributed by atoms with Crippen molar-refractivity contribution in [2.24, 2.45) is 5.92 Å². The maximum Gasteiger partial charge on any atom is 0.325 e. The van der Waals surface area contributed by atoms with Gasteiger partial charge in [-0.3, -0.25) is 14.6 Å². The first-order valence-electron chi connectivity index (χ1n) is 9.53. The van der Waals surface area contributed by atoms with Crippen LogP contribution >= 0.6 is 0 Å². The molecule has 0 spiro atoms. The molecule has 1 aromatic heterocycles. The Bertz CT molecular complexity index is 1200. The number of aromatic nitrogens is 2. The van der Waals surface area contributed by atoms with Crippen molar-refractivity contribution in [2.45, 2.75) is 24.7 Å².